The molecule has 1 fully saturated rings. The Hall–Kier alpha value is -2.25. The number of aryl methyl sites for hydroxylation is 2. The summed E-state index contributed by atoms with van der Waals surface area (Å²) in [5.41, 5.74) is 3.19. The average Bonchev–Trinajstić information content (AvgIpc) is 3.22. The summed E-state index contributed by atoms with van der Waals surface area (Å²) in [6.45, 7) is 7.18. The second-order valence-electron chi connectivity index (χ2n) is 6.29. The maximum absolute atomic E-state index is 5.48. The SMILES string of the molecule is C[C@@H]1COCCN1Cc1cn(CCn2cnc3ccccc32)nn1. The van der Waals surface area contributed by atoms with E-state index in [9.17, 15) is 0 Å². The lowest BCUT2D eigenvalue weighted by Gasteiger charge is -2.32. The highest BCUT2D eigenvalue weighted by molar-refractivity contribution is 5.74. The first kappa shape index (κ1) is 15.3. The molecule has 126 valence electrons. The van der Waals surface area contributed by atoms with Gasteiger partial charge < -0.3 is 9.30 Å². The van der Waals surface area contributed by atoms with Gasteiger partial charge in [0.1, 0.15) is 0 Å². The lowest BCUT2D eigenvalue weighted by atomic mass is 10.2. The Labute approximate surface area is 140 Å². The Morgan fingerprint density at radius 2 is 2.17 bits per heavy atom. The number of para-hydroxylation sites is 2. The van der Waals surface area contributed by atoms with Crippen LogP contribution in [0.1, 0.15) is 12.6 Å². The van der Waals surface area contributed by atoms with E-state index < -0.39 is 0 Å². The van der Waals surface area contributed by atoms with Crippen LogP contribution in [0.4, 0.5) is 0 Å². The number of nitrogens with zero attached hydrogens (tertiary/aromatic N) is 6. The Morgan fingerprint density at radius 1 is 1.25 bits per heavy atom. The standard InChI is InChI=1S/C17H22N6O/c1-14-12-24-9-8-21(14)10-15-11-23(20-19-15)7-6-22-13-18-16-4-2-3-5-17(16)22/h2-5,11,13-14H,6-10,12H2,1H3/t14-/m1/s1. The summed E-state index contributed by atoms with van der Waals surface area (Å²) in [5, 5.41) is 8.57. The van der Waals surface area contributed by atoms with E-state index in [0.29, 0.717) is 6.04 Å². The van der Waals surface area contributed by atoms with E-state index in [0.717, 1.165) is 56.1 Å². The summed E-state index contributed by atoms with van der Waals surface area (Å²) < 4.78 is 9.54. The largest absolute Gasteiger partial charge is 0.379 e. The van der Waals surface area contributed by atoms with Crippen molar-refractivity contribution < 1.29 is 4.74 Å². The number of aromatic nitrogens is 5. The van der Waals surface area contributed by atoms with Crippen LogP contribution in [0.2, 0.25) is 0 Å². The summed E-state index contributed by atoms with van der Waals surface area (Å²) >= 11 is 0. The number of morpholine rings is 1. The van der Waals surface area contributed by atoms with E-state index in [1.165, 1.54) is 0 Å². The van der Waals surface area contributed by atoms with Crippen LogP contribution in [-0.2, 0) is 24.4 Å². The maximum Gasteiger partial charge on any atom is 0.0967 e. The summed E-state index contributed by atoms with van der Waals surface area (Å²) in [5.74, 6) is 0. The van der Waals surface area contributed by atoms with Gasteiger partial charge in [0.15, 0.2) is 0 Å². The smallest absolute Gasteiger partial charge is 0.0967 e. The molecule has 1 atom stereocenters. The summed E-state index contributed by atoms with van der Waals surface area (Å²) in [4.78, 5) is 6.81. The predicted octanol–water partition coefficient (Wildman–Crippen LogP) is 1.55. The molecule has 0 N–H and O–H groups in total. The zero-order chi connectivity index (χ0) is 16.4. The Kier molecular flexibility index (Phi) is 4.27. The number of ether oxygens (including phenoxy) is 1. The lowest BCUT2D eigenvalue weighted by molar-refractivity contribution is -0.00492. The normalized spacial score (nSPS) is 19.1. The van der Waals surface area contributed by atoms with Gasteiger partial charge >= 0.3 is 0 Å². The fourth-order valence-corrected chi connectivity index (χ4v) is 3.12. The summed E-state index contributed by atoms with van der Waals surface area (Å²) in [6.07, 6.45) is 3.93. The molecule has 1 saturated heterocycles. The molecule has 7 nitrogen and oxygen atoms in total. The zero-order valence-electron chi connectivity index (χ0n) is 13.9. The van der Waals surface area contributed by atoms with Crippen LogP contribution in [0.3, 0.4) is 0 Å². The molecular formula is C17H22N6O. The first-order valence-corrected chi connectivity index (χ1v) is 8.40. The van der Waals surface area contributed by atoms with Gasteiger partial charge in [0.2, 0.25) is 0 Å². The molecule has 3 aromatic rings. The first-order valence-electron chi connectivity index (χ1n) is 8.40. The van der Waals surface area contributed by atoms with Crippen molar-refractivity contribution in [2.45, 2.75) is 32.6 Å². The van der Waals surface area contributed by atoms with E-state index in [2.05, 4.69) is 37.8 Å². The number of fused-ring (bicyclic) bond motifs is 1. The molecule has 4 rings (SSSR count). The molecule has 0 unspecified atom stereocenters. The molecule has 1 aliphatic rings. The Balaban J connectivity index is 1.38. The van der Waals surface area contributed by atoms with Crippen molar-refractivity contribution in [2.75, 3.05) is 19.8 Å². The van der Waals surface area contributed by atoms with E-state index in [1.54, 1.807) is 0 Å². The number of hydrogen-bond donors (Lipinski definition) is 0. The van der Waals surface area contributed by atoms with Gasteiger partial charge in [0.25, 0.3) is 0 Å². The van der Waals surface area contributed by atoms with E-state index in [4.69, 9.17) is 4.74 Å². The zero-order valence-corrected chi connectivity index (χ0v) is 13.9. The molecule has 24 heavy (non-hydrogen) atoms. The minimum absolute atomic E-state index is 0.432. The van der Waals surface area contributed by atoms with Crippen LogP contribution in [0.5, 0.6) is 0 Å². The molecule has 1 aromatic carbocycles. The van der Waals surface area contributed by atoms with Crippen molar-refractivity contribution in [1.29, 1.82) is 0 Å². The van der Waals surface area contributed by atoms with Gasteiger partial charge in [-0.1, -0.05) is 17.3 Å². The van der Waals surface area contributed by atoms with Crippen molar-refractivity contribution in [3.05, 3.63) is 42.5 Å². The van der Waals surface area contributed by atoms with Gasteiger partial charge in [-0.25, -0.2) is 4.98 Å². The monoisotopic (exact) mass is 326 g/mol. The minimum atomic E-state index is 0.432. The highest BCUT2D eigenvalue weighted by Crippen LogP contribution is 2.12. The number of rotatable bonds is 5. The highest BCUT2D eigenvalue weighted by atomic mass is 16.5. The first-order chi connectivity index (χ1) is 11.8. The minimum Gasteiger partial charge on any atom is -0.379 e. The van der Waals surface area contributed by atoms with Gasteiger partial charge in [-0.05, 0) is 19.1 Å². The lowest BCUT2D eigenvalue weighted by Crippen LogP contribution is -2.42. The Bertz CT molecular complexity index is 810. The van der Waals surface area contributed by atoms with Crippen molar-refractivity contribution >= 4 is 11.0 Å². The van der Waals surface area contributed by atoms with Crippen LogP contribution in [-0.4, -0.2) is 55.2 Å². The fraction of sp³-hybridized carbons (Fsp3) is 0.471. The summed E-state index contributed by atoms with van der Waals surface area (Å²) in [6, 6.07) is 8.60. The van der Waals surface area contributed by atoms with Crippen LogP contribution < -0.4 is 0 Å². The third kappa shape index (κ3) is 3.18. The van der Waals surface area contributed by atoms with Gasteiger partial charge in [-0.3, -0.25) is 9.58 Å². The molecule has 1 aliphatic heterocycles. The second kappa shape index (κ2) is 6.70. The molecule has 0 radical (unpaired) electrons. The van der Waals surface area contributed by atoms with Crippen molar-refractivity contribution in [2.24, 2.45) is 0 Å². The van der Waals surface area contributed by atoms with Crippen molar-refractivity contribution in [1.82, 2.24) is 29.4 Å². The van der Waals surface area contributed by atoms with Crippen molar-refractivity contribution in [3.63, 3.8) is 0 Å². The average molecular weight is 326 g/mol. The van der Waals surface area contributed by atoms with Crippen molar-refractivity contribution in [3.8, 4) is 0 Å². The third-order valence-electron chi connectivity index (χ3n) is 4.55. The second-order valence-corrected chi connectivity index (χ2v) is 6.29. The van der Waals surface area contributed by atoms with E-state index in [-0.39, 0.29) is 0 Å². The van der Waals surface area contributed by atoms with Crippen LogP contribution in [0.25, 0.3) is 11.0 Å². The molecule has 0 amide bonds. The van der Waals surface area contributed by atoms with Gasteiger partial charge in [0, 0.05) is 31.9 Å². The van der Waals surface area contributed by atoms with Gasteiger partial charge in [0.05, 0.1) is 42.8 Å². The van der Waals surface area contributed by atoms with E-state index in [1.807, 2.05) is 35.4 Å². The predicted molar refractivity (Wildman–Crippen MR) is 90.4 cm³/mol. The van der Waals surface area contributed by atoms with E-state index >= 15 is 0 Å². The summed E-state index contributed by atoms with van der Waals surface area (Å²) in [7, 11) is 0. The molecule has 3 heterocycles. The van der Waals surface area contributed by atoms with Gasteiger partial charge in [-0.15, -0.1) is 5.10 Å². The molecule has 0 saturated carbocycles. The number of imidazole rings is 1. The molecular weight excluding hydrogens is 304 g/mol. The molecule has 2 aromatic heterocycles. The van der Waals surface area contributed by atoms with Gasteiger partial charge in [-0.2, -0.15) is 0 Å². The van der Waals surface area contributed by atoms with Crippen LogP contribution in [0, 0.1) is 0 Å². The number of benzene rings is 1. The third-order valence-corrected chi connectivity index (χ3v) is 4.55. The highest BCUT2D eigenvalue weighted by Gasteiger charge is 2.19. The molecule has 0 spiro atoms. The van der Waals surface area contributed by atoms with Crippen LogP contribution in [0.15, 0.2) is 36.8 Å². The quantitative estimate of drug-likeness (QED) is 0.712. The van der Waals surface area contributed by atoms with Crippen LogP contribution >= 0.6 is 0 Å². The molecule has 7 heteroatoms. The molecule has 0 aliphatic carbocycles. The topological polar surface area (TPSA) is 61.0 Å². The fourth-order valence-electron chi connectivity index (χ4n) is 3.12. The molecule has 0 bridgehead atoms. The maximum atomic E-state index is 5.48. The Morgan fingerprint density at radius 3 is 3.08 bits per heavy atom. The number of hydrogen-bond acceptors (Lipinski definition) is 5.